The highest BCUT2D eigenvalue weighted by Crippen LogP contribution is 2.47. The van der Waals surface area contributed by atoms with Crippen molar-refractivity contribution in [2.24, 2.45) is 14.1 Å². The van der Waals surface area contributed by atoms with E-state index in [4.69, 9.17) is 39.9 Å². The van der Waals surface area contributed by atoms with E-state index in [1.807, 2.05) is 133 Å². The Bertz CT molecular complexity index is 9360. The fourth-order valence-electron chi connectivity index (χ4n) is 21.1. The third kappa shape index (κ3) is 16.7. The molecule has 0 fully saturated rings. The average Bonchev–Trinajstić information content (AvgIpc) is 1.65. The molecule has 12 heteroatoms. The molecule has 0 amide bonds. The molecule has 0 N–H and O–H groups in total. The first kappa shape index (κ1) is 88.4. The lowest BCUT2D eigenvalue weighted by Crippen LogP contribution is -2.00. The average molecular weight is 1890 g/mol. The molecule has 0 atom stereocenters. The van der Waals surface area contributed by atoms with Crippen LogP contribution < -0.4 is 0 Å². The number of benzene rings is 22. The van der Waals surface area contributed by atoms with Gasteiger partial charge in [0.1, 0.15) is 11.6 Å². The molecule has 0 spiro atoms. The molecule has 22 aromatic carbocycles. The van der Waals surface area contributed by atoms with Crippen LogP contribution >= 0.6 is 0 Å². The summed E-state index contributed by atoms with van der Waals surface area (Å²) in [4.78, 5) is 39.5. The van der Waals surface area contributed by atoms with Crippen LogP contribution in [0, 0.1) is 0 Å². The van der Waals surface area contributed by atoms with E-state index >= 15 is 0 Å². The summed E-state index contributed by atoms with van der Waals surface area (Å²) in [6, 6.07) is 184. The van der Waals surface area contributed by atoms with Crippen LogP contribution in [0.2, 0.25) is 0 Å². The van der Waals surface area contributed by atoms with Gasteiger partial charge in [-0.3, -0.25) is 0 Å². The lowest BCUT2D eigenvalue weighted by molar-refractivity contribution is 0.959. The highest BCUT2D eigenvalue weighted by atomic mass is 15.1. The van der Waals surface area contributed by atoms with E-state index in [9.17, 15) is 0 Å². The number of aryl methyl sites for hydroxylation is 2. The minimum Gasteiger partial charge on any atom is -0.327 e. The molecule has 12 nitrogen and oxygen atoms in total. The Labute approximate surface area is 855 Å². The van der Waals surface area contributed by atoms with E-state index in [0.29, 0.717) is 34.9 Å². The van der Waals surface area contributed by atoms with Crippen LogP contribution in [0.25, 0.3) is 267 Å². The highest BCUT2D eigenvalue weighted by molar-refractivity contribution is 6.22. The van der Waals surface area contributed by atoms with Gasteiger partial charge in [-0.15, -0.1) is 0 Å². The summed E-state index contributed by atoms with van der Waals surface area (Å²) in [7, 11) is 4.15. The summed E-state index contributed by atoms with van der Waals surface area (Å²) in [6.07, 6.45) is 0. The van der Waals surface area contributed by atoms with Gasteiger partial charge in [-0.1, -0.05) is 425 Å². The summed E-state index contributed by atoms with van der Waals surface area (Å²) >= 11 is 0. The number of hydrogen-bond donors (Lipinski definition) is 0. The van der Waals surface area contributed by atoms with E-state index in [-0.39, 0.29) is 0 Å². The van der Waals surface area contributed by atoms with Crippen molar-refractivity contribution in [3.05, 3.63) is 522 Å². The summed E-state index contributed by atoms with van der Waals surface area (Å²) in [5.74, 6) is 5.73. The maximum atomic E-state index is 5.00. The Morgan fingerprint density at radius 2 is 0.378 bits per heavy atom. The maximum Gasteiger partial charge on any atom is 0.164 e. The monoisotopic (exact) mass is 1890 g/mol. The van der Waals surface area contributed by atoms with Gasteiger partial charge in [0.15, 0.2) is 34.9 Å². The Kier molecular flexibility index (Phi) is 22.8. The molecule has 28 aromatic rings. The Morgan fingerprint density at radius 1 is 0.142 bits per heavy atom. The number of nitrogens with zero attached hydrogens (tertiary/aromatic N) is 12. The summed E-state index contributed by atoms with van der Waals surface area (Å²) in [5, 5.41) is 12.3. The summed E-state index contributed by atoms with van der Waals surface area (Å²) in [5.41, 5.74) is 33.5. The van der Waals surface area contributed by atoms with Gasteiger partial charge in [0, 0.05) is 91.5 Å². The third-order valence-corrected chi connectivity index (χ3v) is 28.5. The van der Waals surface area contributed by atoms with Crippen molar-refractivity contribution in [3.63, 3.8) is 0 Å². The van der Waals surface area contributed by atoms with Gasteiger partial charge in [0.25, 0.3) is 0 Å². The second kappa shape index (κ2) is 38.2. The molecule has 6 heterocycles. The van der Waals surface area contributed by atoms with Crippen molar-refractivity contribution in [2.45, 2.75) is 0 Å². The maximum absolute atomic E-state index is 5.00. The second-order valence-electron chi connectivity index (χ2n) is 37.4. The predicted octanol–water partition coefficient (Wildman–Crippen LogP) is 34.2. The largest absolute Gasteiger partial charge is 0.327 e. The Morgan fingerprint density at radius 3 is 0.743 bits per heavy atom. The van der Waals surface area contributed by atoms with Crippen molar-refractivity contribution >= 4 is 98.0 Å². The quantitative estimate of drug-likeness (QED) is 0.0877. The zero-order valence-corrected chi connectivity index (χ0v) is 81.0. The van der Waals surface area contributed by atoms with Gasteiger partial charge in [-0.05, 0) is 196 Å². The first-order valence-corrected chi connectivity index (χ1v) is 49.9. The van der Waals surface area contributed by atoms with Gasteiger partial charge in [-0.25, -0.2) is 39.9 Å². The predicted molar refractivity (Wildman–Crippen MR) is 612 cm³/mol. The molecule has 0 unspecified atom stereocenters. The van der Waals surface area contributed by atoms with E-state index in [0.717, 1.165) is 100 Å². The smallest absolute Gasteiger partial charge is 0.164 e. The summed E-state index contributed by atoms with van der Waals surface area (Å²) < 4.78 is 9.08. The normalized spacial score (nSPS) is 11.4. The van der Waals surface area contributed by atoms with E-state index in [2.05, 4.69) is 421 Å². The first-order valence-electron chi connectivity index (χ1n) is 49.9. The van der Waals surface area contributed by atoms with Gasteiger partial charge < -0.3 is 18.3 Å². The number of hydrogen-bond acceptors (Lipinski definition) is 8. The third-order valence-electron chi connectivity index (χ3n) is 28.5. The molecule has 0 aliphatic heterocycles. The molecule has 148 heavy (non-hydrogen) atoms. The molecular weight excluding hydrogens is 1800 g/mol. The lowest BCUT2D eigenvalue weighted by Gasteiger charge is -2.19. The van der Waals surface area contributed by atoms with Crippen LogP contribution in [0.1, 0.15) is 0 Å². The first-order chi connectivity index (χ1) is 73.2. The van der Waals surface area contributed by atoms with Gasteiger partial charge in [0.05, 0.1) is 44.1 Å². The summed E-state index contributed by atoms with van der Waals surface area (Å²) in [6.45, 7) is 0. The van der Waals surface area contributed by atoms with Crippen molar-refractivity contribution in [3.8, 4) is 169 Å². The van der Waals surface area contributed by atoms with Gasteiger partial charge in [-0.2, -0.15) is 0 Å². The van der Waals surface area contributed by atoms with Crippen molar-refractivity contribution in [1.82, 2.24) is 58.1 Å². The minimum atomic E-state index is 0.618. The van der Waals surface area contributed by atoms with E-state index in [1.54, 1.807) is 0 Å². The molecule has 0 aliphatic rings. The van der Waals surface area contributed by atoms with E-state index in [1.165, 1.54) is 132 Å². The number of aromatic nitrogens is 12. The second-order valence-corrected chi connectivity index (χ2v) is 37.4. The fraction of sp³-hybridized carbons (Fsp3) is 0.0147. The number of rotatable bonds is 16. The molecule has 0 saturated heterocycles. The molecule has 0 aliphatic carbocycles. The molecule has 0 bridgehead atoms. The van der Waals surface area contributed by atoms with Gasteiger partial charge >= 0.3 is 0 Å². The lowest BCUT2D eigenvalue weighted by atomic mass is 9.84. The van der Waals surface area contributed by atoms with Crippen LogP contribution in [0.4, 0.5) is 0 Å². The number of para-hydroxylation sites is 7. The standard InChI is InChI=1S/C56H36N6.C42H28N2.C38H28N4/c1-5-17-39(18-6-1)51-57-52(40-19-7-2-8-20-40)60-55(59-51)43-33-29-37(30-34-43)49-47-27-15-13-25-45(47)46-26-14-16-28-48(46)50(49)38-31-35-44(36-32-38)56-61-53(41-21-9-3-10-22-41)58-54(62-56)42-23-11-4-12-24-42;1-3-11-29(12-4-1)30-19-23-34(24-20-30)44-40-18-10-8-16-36(40)38-28-32(22-26-42(38)44)31-21-25-41-37(27-31)35-15-7-9-17-39(35)43(41)33-13-5-2-6-14-33;1-41-35-9-5-3-7-33(35)39-37(41)28-17-11-25(12-18-28)30-21-15-27-16-22-31(24-32(27)23-30)26-13-19-29(20-14-26)38-40-34-8-4-6-10-36(34)42(38)2/h1-36H;1-28H;3-24H,1-2H3. The van der Waals surface area contributed by atoms with Crippen LogP contribution in [-0.2, 0) is 14.1 Å². The molecule has 0 radical (unpaired) electrons. The number of imidazole rings is 2. The number of fused-ring (bicyclic) bond motifs is 12. The van der Waals surface area contributed by atoms with Crippen molar-refractivity contribution < 1.29 is 0 Å². The highest BCUT2D eigenvalue weighted by Gasteiger charge is 2.24. The van der Waals surface area contributed by atoms with Crippen LogP contribution in [0.15, 0.2) is 522 Å². The SMILES string of the molecule is Cn1c(-c2ccc(-c3ccc4ccc(-c5ccc(-c6nc7ccccc7n6C)cc5)cc4c3)cc2)nc2ccccc21.c1ccc(-c2ccc(-n3c4ccccc4c4cc(-c5ccc6c(c5)c5ccccc5n6-c5ccccc5)ccc43)cc2)cc1.c1ccc(-c2nc(-c3ccccc3)nc(-c3ccc(-c4c(-c5ccc(-c6nc(-c7ccccc7)nc(-c7ccccc7)n6)cc5)c5ccccc5c5ccccc45)cc3)n2)cc1. The fourth-order valence-corrected chi connectivity index (χ4v) is 21.1. The van der Waals surface area contributed by atoms with Gasteiger partial charge in [0.2, 0.25) is 0 Å². The van der Waals surface area contributed by atoms with Crippen molar-refractivity contribution in [1.29, 1.82) is 0 Å². The topological polar surface area (TPSA) is 123 Å². The van der Waals surface area contributed by atoms with Crippen molar-refractivity contribution in [2.75, 3.05) is 0 Å². The van der Waals surface area contributed by atoms with Crippen LogP contribution in [-0.4, -0.2) is 58.1 Å². The van der Waals surface area contributed by atoms with Crippen LogP contribution in [0.5, 0.6) is 0 Å². The molecule has 0 saturated carbocycles. The van der Waals surface area contributed by atoms with Crippen LogP contribution in [0.3, 0.4) is 0 Å². The zero-order chi connectivity index (χ0) is 98.5. The molecule has 696 valence electrons. The molecule has 6 aromatic heterocycles. The Balaban J connectivity index is 0.000000115. The molecule has 28 rings (SSSR count). The Hall–Kier alpha value is -19.8. The molecular formula is C136H92N12. The minimum absolute atomic E-state index is 0.618. The van der Waals surface area contributed by atoms with E-state index < -0.39 is 0 Å². The zero-order valence-electron chi connectivity index (χ0n) is 81.0.